The maximum atomic E-state index is 12.2. The van der Waals surface area contributed by atoms with Crippen LogP contribution in [-0.4, -0.2) is 30.5 Å². The van der Waals surface area contributed by atoms with E-state index in [1.807, 2.05) is 36.9 Å². The molecule has 1 fully saturated rings. The summed E-state index contributed by atoms with van der Waals surface area (Å²) in [5.41, 5.74) is 2.23. The third-order valence-electron chi connectivity index (χ3n) is 4.16. The lowest BCUT2D eigenvalue weighted by atomic mass is 10.0. The molecule has 1 unspecified atom stereocenters. The van der Waals surface area contributed by atoms with Crippen molar-refractivity contribution in [2.75, 3.05) is 19.7 Å². The van der Waals surface area contributed by atoms with Crippen molar-refractivity contribution in [2.24, 2.45) is 5.92 Å². The third-order valence-corrected chi connectivity index (χ3v) is 4.16. The van der Waals surface area contributed by atoms with Gasteiger partial charge in [-0.3, -0.25) is 4.79 Å². The van der Waals surface area contributed by atoms with Gasteiger partial charge in [-0.05, 0) is 50.7 Å². The molecule has 118 valence electrons. The van der Waals surface area contributed by atoms with Crippen LogP contribution in [0.3, 0.4) is 0 Å². The first-order valence-corrected chi connectivity index (χ1v) is 8.01. The zero-order chi connectivity index (χ0) is 15.9. The SMILES string of the molecule is Cc1cccc(C)c1OCCCC(C#N)C(=O)N1CCCC1. The highest BCUT2D eigenvalue weighted by molar-refractivity contribution is 5.81. The monoisotopic (exact) mass is 300 g/mol. The summed E-state index contributed by atoms with van der Waals surface area (Å²) in [7, 11) is 0. The Hall–Kier alpha value is -2.02. The number of amides is 1. The van der Waals surface area contributed by atoms with E-state index in [4.69, 9.17) is 4.74 Å². The van der Waals surface area contributed by atoms with E-state index in [1.165, 1.54) is 0 Å². The number of hydrogen-bond donors (Lipinski definition) is 0. The normalized spacial score (nSPS) is 15.4. The van der Waals surface area contributed by atoms with Crippen LogP contribution in [-0.2, 0) is 4.79 Å². The van der Waals surface area contributed by atoms with Gasteiger partial charge in [0.05, 0.1) is 12.7 Å². The Kier molecular flexibility index (Phi) is 5.83. The van der Waals surface area contributed by atoms with Crippen molar-refractivity contribution in [1.82, 2.24) is 4.90 Å². The van der Waals surface area contributed by atoms with Crippen LogP contribution < -0.4 is 4.74 Å². The van der Waals surface area contributed by atoms with Crippen LogP contribution >= 0.6 is 0 Å². The largest absolute Gasteiger partial charge is 0.493 e. The van der Waals surface area contributed by atoms with Gasteiger partial charge in [-0.25, -0.2) is 0 Å². The van der Waals surface area contributed by atoms with Gasteiger partial charge >= 0.3 is 0 Å². The number of nitrogens with zero attached hydrogens (tertiary/aromatic N) is 2. The Morgan fingerprint density at radius 2 is 1.95 bits per heavy atom. The molecule has 0 saturated carbocycles. The molecule has 22 heavy (non-hydrogen) atoms. The number of rotatable bonds is 6. The van der Waals surface area contributed by atoms with Crippen molar-refractivity contribution < 1.29 is 9.53 Å². The molecule has 2 rings (SSSR count). The zero-order valence-corrected chi connectivity index (χ0v) is 13.5. The van der Waals surface area contributed by atoms with Gasteiger partial charge in [0.25, 0.3) is 0 Å². The van der Waals surface area contributed by atoms with E-state index >= 15 is 0 Å². The number of para-hydroxylation sites is 1. The summed E-state index contributed by atoms with van der Waals surface area (Å²) in [5.74, 6) is 0.383. The molecule has 1 aliphatic heterocycles. The van der Waals surface area contributed by atoms with E-state index in [-0.39, 0.29) is 5.91 Å². The fourth-order valence-corrected chi connectivity index (χ4v) is 2.89. The van der Waals surface area contributed by atoms with Crippen molar-refractivity contribution >= 4 is 5.91 Å². The molecule has 1 aliphatic rings. The Morgan fingerprint density at radius 3 is 2.55 bits per heavy atom. The minimum absolute atomic E-state index is 0.00734. The highest BCUT2D eigenvalue weighted by Gasteiger charge is 2.25. The van der Waals surface area contributed by atoms with E-state index in [9.17, 15) is 10.1 Å². The molecule has 1 heterocycles. The molecule has 0 radical (unpaired) electrons. The van der Waals surface area contributed by atoms with E-state index in [0.717, 1.165) is 42.8 Å². The standard InChI is InChI=1S/C18H24N2O2/c1-14-7-5-8-15(2)17(14)22-12-6-9-16(13-19)18(21)20-10-3-4-11-20/h5,7-8,16H,3-4,6,9-12H2,1-2H3. The predicted molar refractivity (Wildman–Crippen MR) is 85.6 cm³/mol. The Balaban J connectivity index is 1.79. The summed E-state index contributed by atoms with van der Waals surface area (Å²) >= 11 is 0. The van der Waals surface area contributed by atoms with Gasteiger partial charge in [0.15, 0.2) is 0 Å². The van der Waals surface area contributed by atoms with Crippen molar-refractivity contribution in [3.05, 3.63) is 29.3 Å². The zero-order valence-electron chi connectivity index (χ0n) is 13.5. The number of aryl methyl sites for hydroxylation is 2. The minimum atomic E-state index is -0.528. The maximum absolute atomic E-state index is 12.2. The second kappa shape index (κ2) is 7.84. The summed E-state index contributed by atoms with van der Waals surface area (Å²) in [6.45, 7) is 6.19. The second-order valence-corrected chi connectivity index (χ2v) is 5.93. The first kappa shape index (κ1) is 16.4. The number of nitriles is 1. The maximum Gasteiger partial charge on any atom is 0.239 e. The van der Waals surface area contributed by atoms with Gasteiger partial charge in [-0.15, -0.1) is 0 Å². The fourth-order valence-electron chi connectivity index (χ4n) is 2.89. The van der Waals surface area contributed by atoms with Crippen LogP contribution in [0.2, 0.25) is 0 Å². The summed E-state index contributed by atoms with van der Waals surface area (Å²) in [5, 5.41) is 9.22. The van der Waals surface area contributed by atoms with Crippen LogP contribution in [0.1, 0.15) is 36.8 Å². The molecule has 0 N–H and O–H groups in total. The molecule has 1 saturated heterocycles. The van der Waals surface area contributed by atoms with Crippen molar-refractivity contribution in [2.45, 2.75) is 39.5 Å². The minimum Gasteiger partial charge on any atom is -0.493 e. The Morgan fingerprint density at radius 1 is 1.32 bits per heavy atom. The second-order valence-electron chi connectivity index (χ2n) is 5.93. The van der Waals surface area contributed by atoms with Crippen LogP contribution in [0.4, 0.5) is 0 Å². The lowest BCUT2D eigenvalue weighted by Crippen LogP contribution is -2.33. The highest BCUT2D eigenvalue weighted by atomic mass is 16.5. The van der Waals surface area contributed by atoms with E-state index < -0.39 is 5.92 Å². The predicted octanol–water partition coefficient (Wildman–Crippen LogP) is 3.22. The average Bonchev–Trinajstić information content (AvgIpc) is 3.03. The Bertz CT molecular complexity index is 536. The molecule has 0 bridgehead atoms. The third kappa shape index (κ3) is 4.00. The number of carbonyl (C=O) groups excluding carboxylic acids is 1. The molecular weight excluding hydrogens is 276 g/mol. The number of likely N-dealkylation sites (tertiary alicyclic amines) is 1. The van der Waals surface area contributed by atoms with Crippen molar-refractivity contribution in [3.8, 4) is 11.8 Å². The van der Waals surface area contributed by atoms with Crippen LogP contribution in [0.15, 0.2) is 18.2 Å². The van der Waals surface area contributed by atoms with E-state index in [0.29, 0.717) is 19.4 Å². The quantitative estimate of drug-likeness (QED) is 0.758. The molecule has 1 aromatic carbocycles. The molecular formula is C18H24N2O2. The van der Waals surface area contributed by atoms with Gasteiger partial charge in [-0.2, -0.15) is 5.26 Å². The number of hydrogen-bond acceptors (Lipinski definition) is 3. The van der Waals surface area contributed by atoms with Crippen LogP contribution in [0.25, 0.3) is 0 Å². The molecule has 4 nitrogen and oxygen atoms in total. The van der Waals surface area contributed by atoms with E-state index in [2.05, 4.69) is 6.07 Å². The summed E-state index contributed by atoms with van der Waals surface area (Å²) in [4.78, 5) is 14.0. The Labute approximate surface area is 132 Å². The lowest BCUT2D eigenvalue weighted by Gasteiger charge is -2.19. The molecule has 1 aromatic rings. The van der Waals surface area contributed by atoms with Gasteiger partial charge in [0.1, 0.15) is 11.7 Å². The fraction of sp³-hybridized carbons (Fsp3) is 0.556. The molecule has 1 atom stereocenters. The lowest BCUT2D eigenvalue weighted by molar-refractivity contribution is -0.132. The van der Waals surface area contributed by atoms with Crippen LogP contribution in [0.5, 0.6) is 5.75 Å². The highest BCUT2D eigenvalue weighted by Crippen LogP contribution is 2.23. The average molecular weight is 300 g/mol. The van der Waals surface area contributed by atoms with Gasteiger partial charge in [-0.1, -0.05) is 18.2 Å². The van der Waals surface area contributed by atoms with Gasteiger partial charge in [0, 0.05) is 13.1 Å². The molecule has 4 heteroatoms. The smallest absolute Gasteiger partial charge is 0.239 e. The molecule has 0 spiro atoms. The summed E-state index contributed by atoms with van der Waals surface area (Å²) < 4.78 is 5.83. The molecule has 1 amide bonds. The first-order chi connectivity index (χ1) is 10.6. The van der Waals surface area contributed by atoms with E-state index in [1.54, 1.807) is 0 Å². The van der Waals surface area contributed by atoms with Gasteiger partial charge in [0.2, 0.25) is 5.91 Å². The van der Waals surface area contributed by atoms with Crippen molar-refractivity contribution in [3.63, 3.8) is 0 Å². The summed E-state index contributed by atoms with van der Waals surface area (Å²) in [6, 6.07) is 8.22. The first-order valence-electron chi connectivity index (χ1n) is 8.01. The van der Waals surface area contributed by atoms with Gasteiger partial charge < -0.3 is 9.64 Å². The number of benzene rings is 1. The molecule has 0 aromatic heterocycles. The number of ether oxygens (including phenoxy) is 1. The number of carbonyl (C=O) groups is 1. The molecule has 0 aliphatic carbocycles. The topological polar surface area (TPSA) is 53.3 Å². The van der Waals surface area contributed by atoms with Crippen LogP contribution in [0, 0.1) is 31.1 Å². The summed E-state index contributed by atoms with van der Waals surface area (Å²) in [6.07, 6.45) is 3.39. The van der Waals surface area contributed by atoms with Crippen molar-refractivity contribution in [1.29, 1.82) is 5.26 Å².